The van der Waals surface area contributed by atoms with E-state index < -0.39 is 0 Å². The number of anilines is 2. The third-order valence-corrected chi connectivity index (χ3v) is 5.80. The summed E-state index contributed by atoms with van der Waals surface area (Å²) in [5.74, 6) is 0.715. The molecule has 0 aliphatic carbocycles. The zero-order chi connectivity index (χ0) is 22.1. The summed E-state index contributed by atoms with van der Waals surface area (Å²) in [6.07, 6.45) is 4.23. The monoisotopic (exact) mass is 434 g/mol. The average Bonchev–Trinajstić information content (AvgIpc) is 2.79. The third-order valence-electron chi connectivity index (χ3n) is 4.61. The van der Waals surface area contributed by atoms with E-state index in [0.29, 0.717) is 24.2 Å². The topological polar surface area (TPSA) is 75.2 Å². The number of hydrogen-bond acceptors (Lipinski definition) is 5. The van der Waals surface area contributed by atoms with Gasteiger partial charge < -0.3 is 10.2 Å². The standard InChI is InChI=1S/C24H26N4O2S/c1-3-16-31-24-22(12-7-18(2)26-24)23(30)27-20-8-10-21(11-9-20)28(17-29)15-13-19-6-4-5-14-25-19/h4-12,14,17H,3,13,15-16H2,1-2H3,(H,27,30). The molecule has 0 saturated carbocycles. The molecule has 0 unspecified atom stereocenters. The minimum atomic E-state index is -0.193. The van der Waals surface area contributed by atoms with Gasteiger partial charge in [0.1, 0.15) is 5.03 Å². The predicted molar refractivity (Wildman–Crippen MR) is 126 cm³/mol. The molecule has 3 aromatic rings. The highest BCUT2D eigenvalue weighted by Gasteiger charge is 2.14. The molecule has 6 nitrogen and oxygen atoms in total. The maximum Gasteiger partial charge on any atom is 0.258 e. The molecular formula is C24H26N4O2S. The summed E-state index contributed by atoms with van der Waals surface area (Å²) in [7, 11) is 0. The number of carbonyl (C=O) groups excluding carboxylic acids is 2. The minimum absolute atomic E-state index is 0.193. The first kappa shape index (κ1) is 22.5. The number of benzene rings is 1. The molecule has 0 bridgehead atoms. The van der Waals surface area contributed by atoms with E-state index in [4.69, 9.17) is 0 Å². The molecule has 0 radical (unpaired) electrons. The van der Waals surface area contributed by atoms with Crippen LogP contribution in [0.3, 0.4) is 0 Å². The first-order chi connectivity index (χ1) is 15.1. The number of aryl methyl sites for hydroxylation is 1. The van der Waals surface area contributed by atoms with Crippen LogP contribution in [0, 0.1) is 6.92 Å². The lowest BCUT2D eigenvalue weighted by atomic mass is 10.2. The minimum Gasteiger partial charge on any atom is -0.322 e. The van der Waals surface area contributed by atoms with Crippen LogP contribution >= 0.6 is 11.8 Å². The lowest BCUT2D eigenvalue weighted by molar-refractivity contribution is -0.107. The van der Waals surface area contributed by atoms with Gasteiger partial charge in [-0.05, 0) is 67.6 Å². The zero-order valence-electron chi connectivity index (χ0n) is 17.7. The Hall–Kier alpha value is -3.19. The summed E-state index contributed by atoms with van der Waals surface area (Å²) in [5.41, 5.74) is 3.82. The van der Waals surface area contributed by atoms with Crippen molar-refractivity contribution in [3.63, 3.8) is 0 Å². The lowest BCUT2D eigenvalue weighted by Gasteiger charge is -2.18. The number of carbonyl (C=O) groups is 2. The molecule has 0 aliphatic rings. The van der Waals surface area contributed by atoms with Gasteiger partial charge in [-0.15, -0.1) is 11.8 Å². The van der Waals surface area contributed by atoms with Gasteiger partial charge in [-0.3, -0.25) is 14.6 Å². The van der Waals surface area contributed by atoms with Gasteiger partial charge in [0.15, 0.2) is 0 Å². The Bertz CT molecular complexity index is 1010. The lowest BCUT2D eigenvalue weighted by Crippen LogP contribution is -2.24. The molecule has 2 heterocycles. The largest absolute Gasteiger partial charge is 0.322 e. The number of nitrogens with zero attached hydrogens (tertiary/aromatic N) is 3. The molecule has 0 spiro atoms. The highest BCUT2D eigenvalue weighted by Crippen LogP contribution is 2.24. The van der Waals surface area contributed by atoms with Gasteiger partial charge in [-0.1, -0.05) is 13.0 Å². The molecule has 2 aromatic heterocycles. The predicted octanol–water partition coefficient (Wildman–Crippen LogP) is 4.74. The van der Waals surface area contributed by atoms with Crippen LogP contribution in [0.5, 0.6) is 0 Å². The highest BCUT2D eigenvalue weighted by molar-refractivity contribution is 7.99. The van der Waals surface area contributed by atoms with Crippen molar-refractivity contribution in [2.24, 2.45) is 0 Å². The van der Waals surface area contributed by atoms with E-state index in [2.05, 4.69) is 22.2 Å². The van der Waals surface area contributed by atoms with Crippen LogP contribution in [-0.2, 0) is 11.2 Å². The van der Waals surface area contributed by atoms with Gasteiger partial charge in [-0.25, -0.2) is 4.98 Å². The number of hydrogen-bond donors (Lipinski definition) is 1. The van der Waals surface area contributed by atoms with Gasteiger partial charge in [0, 0.05) is 41.9 Å². The Kier molecular flexibility index (Phi) is 8.18. The Balaban J connectivity index is 1.66. The fourth-order valence-corrected chi connectivity index (χ4v) is 3.90. The molecule has 0 atom stereocenters. The Labute approximate surface area is 187 Å². The normalized spacial score (nSPS) is 10.5. The Morgan fingerprint density at radius 3 is 2.61 bits per heavy atom. The second kappa shape index (κ2) is 11.3. The van der Waals surface area contributed by atoms with Crippen molar-refractivity contribution < 1.29 is 9.59 Å². The van der Waals surface area contributed by atoms with Crippen LogP contribution in [0.2, 0.25) is 0 Å². The smallest absolute Gasteiger partial charge is 0.258 e. The molecule has 0 saturated heterocycles. The average molecular weight is 435 g/mol. The summed E-state index contributed by atoms with van der Waals surface area (Å²) in [6, 6.07) is 16.6. The van der Waals surface area contributed by atoms with E-state index >= 15 is 0 Å². The fourth-order valence-electron chi connectivity index (χ4n) is 2.97. The molecular weight excluding hydrogens is 408 g/mol. The van der Waals surface area contributed by atoms with E-state index in [-0.39, 0.29) is 5.91 Å². The van der Waals surface area contributed by atoms with Crippen molar-refractivity contribution in [1.82, 2.24) is 9.97 Å². The molecule has 0 aliphatic heterocycles. The number of rotatable bonds is 10. The zero-order valence-corrected chi connectivity index (χ0v) is 18.6. The van der Waals surface area contributed by atoms with Crippen molar-refractivity contribution in [1.29, 1.82) is 0 Å². The summed E-state index contributed by atoms with van der Waals surface area (Å²) in [6.45, 7) is 4.55. The van der Waals surface area contributed by atoms with E-state index in [0.717, 1.165) is 40.7 Å². The molecule has 1 N–H and O–H groups in total. The molecule has 160 valence electrons. The molecule has 1 aromatic carbocycles. The van der Waals surface area contributed by atoms with Gasteiger partial charge >= 0.3 is 0 Å². The Morgan fingerprint density at radius 2 is 1.94 bits per heavy atom. The molecule has 0 fully saturated rings. The van der Waals surface area contributed by atoms with E-state index in [1.807, 2.05) is 49.4 Å². The van der Waals surface area contributed by atoms with Crippen molar-refractivity contribution in [2.75, 3.05) is 22.5 Å². The molecule has 3 rings (SSSR count). The number of aromatic nitrogens is 2. The third kappa shape index (κ3) is 6.39. The van der Waals surface area contributed by atoms with E-state index in [1.165, 1.54) is 0 Å². The maximum absolute atomic E-state index is 12.8. The second-order valence-corrected chi connectivity index (χ2v) is 8.11. The quantitative estimate of drug-likeness (QED) is 0.368. The van der Waals surface area contributed by atoms with Gasteiger partial charge in [0.2, 0.25) is 6.41 Å². The highest BCUT2D eigenvalue weighted by atomic mass is 32.2. The number of amides is 2. The van der Waals surface area contributed by atoms with Crippen LogP contribution < -0.4 is 10.2 Å². The first-order valence-electron chi connectivity index (χ1n) is 10.2. The summed E-state index contributed by atoms with van der Waals surface area (Å²) < 4.78 is 0. The summed E-state index contributed by atoms with van der Waals surface area (Å²) in [5, 5.41) is 3.68. The van der Waals surface area contributed by atoms with Gasteiger partial charge in [-0.2, -0.15) is 0 Å². The van der Waals surface area contributed by atoms with Gasteiger partial charge in [0.25, 0.3) is 5.91 Å². The van der Waals surface area contributed by atoms with Crippen LogP contribution in [0.15, 0.2) is 65.8 Å². The SMILES string of the molecule is CCCSc1nc(C)ccc1C(=O)Nc1ccc(N(C=O)CCc2ccccn2)cc1. The maximum atomic E-state index is 12.8. The van der Waals surface area contributed by atoms with Crippen LogP contribution in [0.25, 0.3) is 0 Å². The summed E-state index contributed by atoms with van der Waals surface area (Å²) >= 11 is 1.59. The van der Waals surface area contributed by atoms with Crippen molar-refractivity contribution in [3.8, 4) is 0 Å². The second-order valence-electron chi connectivity index (χ2n) is 7.02. The number of pyridine rings is 2. The van der Waals surface area contributed by atoms with Crippen molar-refractivity contribution in [3.05, 3.63) is 77.7 Å². The molecule has 2 amide bonds. The molecule has 31 heavy (non-hydrogen) atoms. The fraction of sp³-hybridized carbons (Fsp3) is 0.250. The van der Waals surface area contributed by atoms with E-state index in [1.54, 1.807) is 35.0 Å². The van der Waals surface area contributed by atoms with Crippen LogP contribution in [0.1, 0.15) is 35.1 Å². The number of thioether (sulfide) groups is 1. The number of nitrogens with one attached hydrogen (secondary N) is 1. The van der Waals surface area contributed by atoms with E-state index in [9.17, 15) is 9.59 Å². The van der Waals surface area contributed by atoms with Crippen LogP contribution in [-0.4, -0.2) is 34.6 Å². The Morgan fingerprint density at radius 1 is 1.13 bits per heavy atom. The first-order valence-corrected chi connectivity index (χ1v) is 11.2. The summed E-state index contributed by atoms with van der Waals surface area (Å²) in [4.78, 5) is 34.8. The van der Waals surface area contributed by atoms with Gasteiger partial charge in [0.05, 0.1) is 5.56 Å². The van der Waals surface area contributed by atoms with Crippen molar-refractivity contribution >= 4 is 35.5 Å². The molecule has 7 heteroatoms. The van der Waals surface area contributed by atoms with Crippen molar-refractivity contribution in [2.45, 2.75) is 31.7 Å². The van der Waals surface area contributed by atoms with Crippen LogP contribution in [0.4, 0.5) is 11.4 Å².